The van der Waals surface area contributed by atoms with Crippen molar-refractivity contribution in [2.45, 2.75) is 30.7 Å². The first-order valence-corrected chi connectivity index (χ1v) is 13.7. The molecule has 3 aromatic rings. The van der Waals surface area contributed by atoms with Gasteiger partial charge in [-0.2, -0.15) is 0 Å². The van der Waals surface area contributed by atoms with Gasteiger partial charge in [0.15, 0.2) is 0 Å². The quantitative estimate of drug-likeness (QED) is 0.438. The maximum atomic E-state index is 13.2. The molecule has 0 aliphatic carbocycles. The Balaban J connectivity index is 1.49. The number of likely N-dealkylation sites (tertiary alicyclic amines) is 1. The lowest BCUT2D eigenvalue weighted by molar-refractivity contribution is 0.0937. The average Bonchev–Trinajstić information content (AvgIpc) is 3.45. The molecule has 1 saturated heterocycles. The number of sulfonamides is 1. The molecular formula is C28H33N3O4S. The van der Waals surface area contributed by atoms with Crippen molar-refractivity contribution in [3.05, 3.63) is 90.0 Å². The third-order valence-electron chi connectivity index (χ3n) is 6.57. The molecule has 1 heterocycles. The molecule has 1 amide bonds. The molecule has 1 aliphatic rings. The number of amides is 1. The van der Waals surface area contributed by atoms with E-state index in [2.05, 4.69) is 10.2 Å². The number of hydrogen-bond acceptors (Lipinski definition) is 5. The van der Waals surface area contributed by atoms with Crippen molar-refractivity contribution in [2.24, 2.45) is 0 Å². The number of para-hydroxylation sites is 2. The van der Waals surface area contributed by atoms with Gasteiger partial charge in [0.2, 0.25) is 0 Å². The number of methoxy groups -OCH3 is 1. The first kappa shape index (κ1) is 25.7. The van der Waals surface area contributed by atoms with Gasteiger partial charge in [0.1, 0.15) is 5.75 Å². The largest absolute Gasteiger partial charge is 0.496 e. The summed E-state index contributed by atoms with van der Waals surface area (Å²) in [6.45, 7) is 4.47. The number of anilines is 1. The van der Waals surface area contributed by atoms with E-state index >= 15 is 0 Å². The van der Waals surface area contributed by atoms with Crippen molar-refractivity contribution in [1.29, 1.82) is 0 Å². The van der Waals surface area contributed by atoms with E-state index in [9.17, 15) is 13.2 Å². The van der Waals surface area contributed by atoms with Crippen LogP contribution < -0.4 is 14.4 Å². The number of ether oxygens (including phenoxy) is 1. The number of benzene rings is 3. The molecule has 1 aliphatic heterocycles. The Morgan fingerprint density at radius 1 is 0.972 bits per heavy atom. The molecular weight excluding hydrogens is 474 g/mol. The van der Waals surface area contributed by atoms with Gasteiger partial charge in [0, 0.05) is 24.2 Å². The van der Waals surface area contributed by atoms with Gasteiger partial charge < -0.3 is 10.1 Å². The Labute approximate surface area is 213 Å². The van der Waals surface area contributed by atoms with E-state index in [-0.39, 0.29) is 16.8 Å². The van der Waals surface area contributed by atoms with E-state index in [1.54, 1.807) is 50.4 Å². The van der Waals surface area contributed by atoms with Gasteiger partial charge in [0.25, 0.3) is 15.9 Å². The topological polar surface area (TPSA) is 79.0 Å². The Kier molecular flexibility index (Phi) is 8.28. The zero-order valence-electron chi connectivity index (χ0n) is 20.8. The van der Waals surface area contributed by atoms with Crippen molar-refractivity contribution in [2.75, 3.05) is 37.6 Å². The second-order valence-electron chi connectivity index (χ2n) is 8.74. The lowest BCUT2D eigenvalue weighted by Crippen LogP contribution is -2.37. The second kappa shape index (κ2) is 11.6. The highest BCUT2D eigenvalue weighted by Gasteiger charge is 2.27. The van der Waals surface area contributed by atoms with E-state index in [1.807, 2.05) is 30.3 Å². The molecule has 1 unspecified atom stereocenters. The summed E-state index contributed by atoms with van der Waals surface area (Å²) >= 11 is 0. The predicted octanol–water partition coefficient (Wildman–Crippen LogP) is 4.48. The van der Waals surface area contributed by atoms with E-state index in [0.29, 0.717) is 24.3 Å². The molecule has 3 aromatic carbocycles. The fourth-order valence-electron chi connectivity index (χ4n) is 4.71. The van der Waals surface area contributed by atoms with Crippen molar-refractivity contribution < 1.29 is 17.9 Å². The summed E-state index contributed by atoms with van der Waals surface area (Å²) in [6, 6.07) is 23.0. The Morgan fingerprint density at radius 3 is 2.25 bits per heavy atom. The number of rotatable bonds is 10. The van der Waals surface area contributed by atoms with Crippen molar-refractivity contribution in [3.63, 3.8) is 0 Å². The minimum atomic E-state index is -3.75. The summed E-state index contributed by atoms with van der Waals surface area (Å²) < 4.78 is 33.4. The molecule has 1 N–H and O–H groups in total. The summed E-state index contributed by atoms with van der Waals surface area (Å²) in [7, 11) is -2.09. The van der Waals surface area contributed by atoms with E-state index < -0.39 is 10.0 Å². The summed E-state index contributed by atoms with van der Waals surface area (Å²) in [6.07, 6.45) is 2.26. The van der Waals surface area contributed by atoms with Gasteiger partial charge >= 0.3 is 0 Å². The fraction of sp³-hybridized carbons (Fsp3) is 0.321. The molecule has 7 nitrogen and oxygen atoms in total. The standard InChI is InChI=1S/C28H33N3O4S/c1-3-31(23-11-5-4-6-12-23)36(33,34)24-17-15-22(16-18-24)28(32)29-21-26(30-19-9-10-20-30)25-13-7-8-14-27(25)35-2/h4-8,11-18,26H,3,9-10,19-21H2,1-2H3,(H,29,32). The van der Waals surface area contributed by atoms with Crippen LogP contribution in [0.2, 0.25) is 0 Å². The van der Waals surface area contributed by atoms with Crippen LogP contribution in [-0.2, 0) is 10.0 Å². The molecule has 0 bridgehead atoms. The summed E-state index contributed by atoms with van der Waals surface area (Å²) in [4.78, 5) is 15.5. The molecule has 4 rings (SSSR count). The molecule has 0 radical (unpaired) electrons. The first-order chi connectivity index (χ1) is 17.5. The van der Waals surface area contributed by atoms with Crippen LogP contribution in [-0.4, -0.2) is 52.5 Å². The molecule has 190 valence electrons. The third-order valence-corrected chi connectivity index (χ3v) is 8.49. The van der Waals surface area contributed by atoms with Gasteiger partial charge in [-0.3, -0.25) is 14.0 Å². The Morgan fingerprint density at radius 2 is 1.61 bits per heavy atom. The normalized spacial score (nSPS) is 14.8. The van der Waals surface area contributed by atoms with Crippen LogP contribution in [0, 0.1) is 0 Å². The Bertz CT molecular complexity index is 1260. The highest BCUT2D eigenvalue weighted by Crippen LogP contribution is 2.31. The van der Waals surface area contributed by atoms with Crippen LogP contribution in [0.4, 0.5) is 5.69 Å². The highest BCUT2D eigenvalue weighted by atomic mass is 32.2. The van der Waals surface area contributed by atoms with E-state index in [4.69, 9.17) is 4.74 Å². The molecule has 36 heavy (non-hydrogen) atoms. The van der Waals surface area contributed by atoms with E-state index in [1.165, 1.54) is 16.4 Å². The van der Waals surface area contributed by atoms with Crippen molar-refractivity contribution in [1.82, 2.24) is 10.2 Å². The van der Waals surface area contributed by atoms with Gasteiger partial charge in [-0.25, -0.2) is 8.42 Å². The van der Waals surface area contributed by atoms with Crippen LogP contribution in [0.5, 0.6) is 5.75 Å². The zero-order valence-corrected chi connectivity index (χ0v) is 21.6. The van der Waals surface area contributed by atoms with E-state index in [0.717, 1.165) is 37.2 Å². The van der Waals surface area contributed by atoms with Crippen molar-refractivity contribution in [3.8, 4) is 5.75 Å². The Hall–Kier alpha value is -3.36. The number of nitrogens with one attached hydrogen (secondary N) is 1. The third kappa shape index (κ3) is 5.55. The lowest BCUT2D eigenvalue weighted by atomic mass is 10.0. The van der Waals surface area contributed by atoms with Crippen molar-refractivity contribution >= 4 is 21.6 Å². The van der Waals surface area contributed by atoms with Crippen LogP contribution in [0.15, 0.2) is 83.8 Å². The maximum absolute atomic E-state index is 13.2. The fourth-order valence-corrected chi connectivity index (χ4v) is 6.19. The molecule has 1 fully saturated rings. The summed E-state index contributed by atoms with van der Waals surface area (Å²) in [5.74, 6) is 0.561. The monoisotopic (exact) mass is 507 g/mol. The minimum absolute atomic E-state index is 0.00349. The maximum Gasteiger partial charge on any atom is 0.264 e. The van der Waals surface area contributed by atoms with Crippen LogP contribution in [0.25, 0.3) is 0 Å². The number of carbonyl (C=O) groups excluding carboxylic acids is 1. The zero-order chi connectivity index (χ0) is 25.5. The molecule has 1 atom stereocenters. The van der Waals surface area contributed by atoms with Gasteiger partial charge in [0.05, 0.1) is 23.7 Å². The average molecular weight is 508 g/mol. The smallest absolute Gasteiger partial charge is 0.264 e. The van der Waals surface area contributed by atoms with Gasteiger partial charge in [-0.1, -0.05) is 36.4 Å². The first-order valence-electron chi connectivity index (χ1n) is 12.3. The summed E-state index contributed by atoms with van der Waals surface area (Å²) in [5, 5.41) is 3.05. The number of carbonyl (C=O) groups is 1. The molecule has 8 heteroatoms. The number of nitrogens with zero attached hydrogens (tertiary/aromatic N) is 2. The minimum Gasteiger partial charge on any atom is -0.496 e. The summed E-state index contributed by atoms with van der Waals surface area (Å²) in [5.41, 5.74) is 2.06. The molecule has 0 spiro atoms. The lowest BCUT2D eigenvalue weighted by Gasteiger charge is -2.29. The molecule has 0 saturated carbocycles. The van der Waals surface area contributed by atoms with Crippen LogP contribution in [0.3, 0.4) is 0 Å². The number of hydrogen-bond donors (Lipinski definition) is 1. The van der Waals surface area contributed by atoms with Gasteiger partial charge in [-0.05, 0) is 75.3 Å². The second-order valence-corrected chi connectivity index (χ2v) is 10.6. The highest BCUT2D eigenvalue weighted by molar-refractivity contribution is 7.92. The SMILES string of the molecule is CCN(c1ccccc1)S(=O)(=O)c1ccc(C(=O)NCC(c2ccccc2OC)N2CCCC2)cc1. The van der Waals surface area contributed by atoms with Crippen LogP contribution >= 0.6 is 0 Å². The molecule has 0 aromatic heterocycles. The van der Waals surface area contributed by atoms with Gasteiger partial charge in [-0.15, -0.1) is 0 Å². The van der Waals surface area contributed by atoms with Crippen LogP contribution in [0.1, 0.15) is 41.7 Å². The predicted molar refractivity (Wildman–Crippen MR) is 142 cm³/mol.